The van der Waals surface area contributed by atoms with Crippen LogP contribution in [0, 0.1) is 15.9 Å². The third kappa shape index (κ3) is 5.33. The number of benzene rings is 3. The molecule has 4 rings (SSSR count). The molecule has 1 N–H and O–H groups in total. The fourth-order valence-corrected chi connectivity index (χ4v) is 4.11. The van der Waals surface area contributed by atoms with Crippen LogP contribution in [0.5, 0.6) is 11.5 Å². The second-order valence-electron chi connectivity index (χ2n) is 7.65. The molecule has 0 saturated carbocycles. The van der Waals surface area contributed by atoms with Gasteiger partial charge in [0.25, 0.3) is 17.5 Å². The van der Waals surface area contributed by atoms with Crippen molar-refractivity contribution >= 4 is 51.2 Å². The molecule has 1 aliphatic rings. The number of hydrogen-bond acceptors (Lipinski definition) is 7. The van der Waals surface area contributed by atoms with Crippen LogP contribution in [0.2, 0.25) is 0 Å². The summed E-state index contributed by atoms with van der Waals surface area (Å²) >= 11 is 3.36. The van der Waals surface area contributed by atoms with Gasteiger partial charge in [0.2, 0.25) is 0 Å². The van der Waals surface area contributed by atoms with Crippen LogP contribution in [0.3, 0.4) is 0 Å². The van der Waals surface area contributed by atoms with Gasteiger partial charge in [-0.25, -0.2) is 14.1 Å². The Balaban J connectivity index is 1.66. The average molecular weight is 570 g/mol. The summed E-state index contributed by atoms with van der Waals surface area (Å²) < 4.78 is 25.5. The number of carbonyl (C=O) groups excluding carboxylic acids is 3. The number of anilines is 1. The van der Waals surface area contributed by atoms with Crippen molar-refractivity contribution in [3.8, 4) is 11.5 Å². The summed E-state index contributed by atoms with van der Waals surface area (Å²) in [6.45, 7) is -0.0801. The average Bonchev–Trinajstić information content (AvgIpc) is 2.86. The smallest absolute Gasteiger partial charge is 0.335 e. The molecule has 1 aliphatic heterocycles. The predicted molar refractivity (Wildman–Crippen MR) is 134 cm³/mol. The van der Waals surface area contributed by atoms with E-state index in [-0.39, 0.29) is 35.1 Å². The Kier molecular flexibility index (Phi) is 7.30. The first-order chi connectivity index (χ1) is 17.7. The Morgan fingerprint density at radius 1 is 1.11 bits per heavy atom. The summed E-state index contributed by atoms with van der Waals surface area (Å²) in [5.74, 6) is -1.84. The van der Waals surface area contributed by atoms with Crippen molar-refractivity contribution in [2.24, 2.45) is 0 Å². The monoisotopic (exact) mass is 569 g/mol. The minimum absolute atomic E-state index is 0.0780. The fourth-order valence-electron chi connectivity index (χ4n) is 3.53. The van der Waals surface area contributed by atoms with Crippen molar-refractivity contribution in [2.75, 3.05) is 12.0 Å². The minimum Gasteiger partial charge on any atom is -0.493 e. The molecule has 37 heavy (non-hydrogen) atoms. The quantitative estimate of drug-likeness (QED) is 0.188. The maximum Gasteiger partial charge on any atom is 0.335 e. The Morgan fingerprint density at radius 2 is 1.86 bits per heavy atom. The van der Waals surface area contributed by atoms with E-state index in [9.17, 15) is 28.9 Å². The summed E-state index contributed by atoms with van der Waals surface area (Å²) in [5.41, 5.74) is -0.127. The molecule has 0 aromatic heterocycles. The van der Waals surface area contributed by atoms with Gasteiger partial charge in [-0.05, 0) is 51.8 Å². The Labute approximate surface area is 217 Å². The Hall–Kier alpha value is -4.58. The number of amides is 4. The molecule has 0 bridgehead atoms. The van der Waals surface area contributed by atoms with Gasteiger partial charge >= 0.3 is 6.03 Å². The lowest BCUT2D eigenvalue weighted by molar-refractivity contribution is -0.384. The van der Waals surface area contributed by atoms with E-state index in [4.69, 9.17) is 9.47 Å². The molecule has 10 nitrogen and oxygen atoms in total. The normalized spacial score (nSPS) is 14.5. The lowest BCUT2D eigenvalue weighted by Crippen LogP contribution is -2.54. The number of imide groups is 2. The molecule has 0 spiro atoms. The van der Waals surface area contributed by atoms with Gasteiger partial charge in [0.15, 0.2) is 11.5 Å². The van der Waals surface area contributed by atoms with Crippen molar-refractivity contribution in [3.05, 3.63) is 97.8 Å². The zero-order valence-corrected chi connectivity index (χ0v) is 20.7. The molecule has 0 atom stereocenters. The highest BCUT2D eigenvalue weighted by molar-refractivity contribution is 9.10. The first-order valence-electron chi connectivity index (χ1n) is 10.6. The number of carbonyl (C=O) groups is 3. The topological polar surface area (TPSA) is 128 Å². The molecule has 188 valence electrons. The number of nitro groups is 1. The van der Waals surface area contributed by atoms with E-state index in [1.54, 1.807) is 24.3 Å². The number of barbiturate groups is 1. The Morgan fingerprint density at radius 3 is 2.57 bits per heavy atom. The van der Waals surface area contributed by atoms with E-state index in [1.807, 2.05) is 0 Å². The van der Waals surface area contributed by atoms with E-state index >= 15 is 0 Å². The van der Waals surface area contributed by atoms with Crippen molar-refractivity contribution < 1.29 is 33.2 Å². The molecule has 4 amide bonds. The molecule has 0 unspecified atom stereocenters. The van der Waals surface area contributed by atoms with Crippen LogP contribution in [0.4, 0.5) is 20.6 Å². The highest BCUT2D eigenvalue weighted by Gasteiger charge is 2.37. The number of nitro benzene ring substituents is 1. The molecule has 0 aliphatic carbocycles. The second-order valence-corrected chi connectivity index (χ2v) is 8.50. The molecule has 3 aromatic carbocycles. The van der Waals surface area contributed by atoms with E-state index in [0.29, 0.717) is 20.5 Å². The van der Waals surface area contributed by atoms with Crippen LogP contribution >= 0.6 is 15.9 Å². The maximum absolute atomic E-state index is 14.0. The third-order valence-corrected chi connectivity index (χ3v) is 5.88. The molecule has 0 radical (unpaired) electrons. The van der Waals surface area contributed by atoms with Gasteiger partial charge in [-0.3, -0.25) is 25.0 Å². The second kappa shape index (κ2) is 10.6. The van der Waals surface area contributed by atoms with Crippen LogP contribution in [0.15, 0.2) is 70.7 Å². The van der Waals surface area contributed by atoms with E-state index in [2.05, 4.69) is 21.2 Å². The molecular formula is C25H17BrFN3O7. The number of nitrogens with zero attached hydrogens (tertiary/aromatic N) is 2. The summed E-state index contributed by atoms with van der Waals surface area (Å²) in [6.07, 6.45) is 1.24. The standard InChI is InChI=1S/C25H17BrFN3O7/c1-36-21-11-14(10-19(26)22(21)37-13-15-5-2-3-8-20(15)27)9-18-23(31)28-25(33)29(24(18)32)16-6-4-7-17(12-16)30(34)35/h2-12H,13H2,1H3,(H,28,31,33)/b18-9+. The number of nitrogens with one attached hydrogen (secondary N) is 1. The van der Waals surface area contributed by atoms with Gasteiger partial charge in [-0.2, -0.15) is 0 Å². The van der Waals surface area contributed by atoms with Crippen LogP contribution in [0.1, 0.15) is 11.1 Å². The minimum atomic E-state index is -1.04. The van der Waals surface area contributed by atoms with Crippen molar-refractivity contribution in [1.82, 2.24) is 5.32 Å². The highest BCUT2D eigenvalue weighted by Crippen LogP contribution is 2.38. The van der Waals surface area contributed by atoms with Gasteiger partial charge in [0, 0.05) is 17.7 Å². The number of rotatable bonds is 7. The van der Waals surface area contributed by atoms with Crippen LogP contribution in [-0.4, -0.2) is 29.9 Å². The zero-order valence-electron chi connectivity index (χ0n) is 19.1. The summed E-state index contributed by atoms with van der Waals surface area (Å²) in [6, 6.07) is 13.0. The van der Waals surface area contributed by atoms with Gasteiger partial charge in [-0.15, -0.1) is 0 Å². The summed E-state index contributed by atoms with van der Waals surface area (Å²) in [4.78, 5) is 49.1. The first kappa shape index (κ1) is 25.5. The summed E-state index contributed by atoms with van der Waals surface area (Å²) in [7, 11) is 1.38. The van der Waals surface area contributed by atoms with Gasteiger partial charge in [0.1, 0.15) is 18.0 Å². The lowest BCUT2D eigenvalue weighted by Gasteiger charge is -2.26. The van der Waals surface area contributed by atoms with E-state index < -0.39 is 28.6 Å². The number of hydrogen-bond donors (Lipinski definition) is 1. The zero-order chi connectivity index (χ0) is 26.7. The number of non-ortho nitro benzene ring substituents is 1. The maximum atomic E-state index is 14.0. The molecule has 12 heteroatoms. The van der Waals surface area contributed by atoms with Gasteiger partial charge in [0.05, 0.1) is 22.2 Å². The summed E-state index contributed by atoms with van der Waals surface area (Å²) in [5, 5.41) is 13.2. The number of urea groups is 1. The SMILES string of the molecule is COc1cc(/C=C2\C(=O)NC(=O)N(c3cccc([N+](=O)[O-])c3)C2=O)cc(Br)c1OCc1ccccc1F. The van der Waals surface area contributed by atoms with Crippen LogP contribution in [0.25, 0.3) is 6.08 Å². The third-order valence-electron chi connectivity index (χ3n) is 5.29. The predicted octanol–water partition coefficient (Wildman–Crippen LogP) is 4.75. The number of ether oxygens (including phenoxy) is 2. The highest BCUT2D eigenvalue weighted by atomic mass is 79.9. The number of methoxy groups -OCH3 is 1. The van der Waals surface area contributed by atoms with Crippen molar-refractivity contribution in [1.29, 1.82) is 0 Å². The number of halogens is 2. The van der Waals surface area contributed by atoms with E-state index in [1.165, 1.54) is 43.5 Å². The lowest BCUT2D eigenvalue weighted by atomic mass is 10.1. The van der Waals surface area contributed by atoms with Crippen molar-refractivity contribution in [3.63, 3.8) is 0 Å². The molecular weight excluding hydrogens is 553 g/mol. The van der Waals surface area contributed by atoms with E-state index in [0.717, 1.165) is 6.07 Å². The molecule has 1 fully saturated rings. The molecule has 3 aromatic rings. The fraction of sp³-hybridized carbons (Fsp3) is 0.0800. The molecule has 1 heterocycles. The van der Waals surface area contributed by atoms with Gasteiger partial charge < -0.3 is 9.47 Å². The van der Waals surface area contributed by atoms with Crippen molar-refractivity contribution in [2.45, 2.75) is 6.61 Å². The first-order valence-corrected chi connectivity index (χ1v) is 11.4. The van der Waals surface area contributed by atoms with Crippen LogP contribution in [-0.2, 0) is 16.2 Å². The Bertz CT molecular complexity index is 1470. The van der Waals surface area contributed by atoms with Crippen LogP contribution < -0.4 is 19.7 Å². The largest absolute Gasteiger partial charge is 0.493 e. The van der Waals surface area contributed by atoms with Gasteiger partial charge in [-0.1, -0.05) is 24.3 Å². The molecule has 1 saturated heterocycles.